The summed E-state index contributed by atoms with van der Waals surface area (Å²) in [5.74, 6) is 0.674. The topological polar surface area (TPSA) is 81.8 Å². The molecule has 7 heteroatoms. The number of primary amides is 1. The second-order valence-electron chi connectivity index (χ2n) is 7.54. The first-order chi connectivity index (χ1) is 14.0. The predicted molar refractivity (Wildman–Crippen MR) is 116 cm³/mol. The number of methoxy groups -OCH3 is 1. The van der Waals surface area contributed by atoms with Gasteiger partial charge in [-0.05, 0) is 61.4 Å². The molecule has 1 aromatic heterocycles. The number of halogens is 1. The summed E-state index contributed by atoms with van der Waals surface area (Å²) >= 11 is 7.99. The zero-order chi connectivity index (χ0) is 20.8. The van der Waals surface area contributed by atoms with Gasteiger partial charge in [0, 0.05) is 16.2 Å². The van der Waals surface area contributed by atoms with Crippen molar-refractivity contribution in [3.63, 3.8) is 0 Å². The van der Waals surface area contributed by atoms with E-state index in [1.807, 2.05) is 30.3 Å². The Morgan fingerprint density at radius 2 is 2.14 bits per heavy atom. The monoisotopic (exact) mass is 437 g/mol. The van der Waals surface area contributed by atoms with Crippen molar-refractivity contribution in [2.75, 3.05) is 13.7 Å². The average molecular weight is 438 g/mol. The van der Waals surface area contributed by atoms with Gasteiger partial charge in [-0.15, -0.1) is 22.9 Å². The highest BCUT2D eigenvalue weighted by Crippen LogP contribution is 2.39. The van der Waals surface area contributed by atoms with E-state index < -0.39 is 6.10 Å². The summed E-state index contributed by atoms with van der Waals surface area (Å²) in [5.41, 5.74) is 6.36. The van der Waals surface area contributed by atoms with Crippen LogP contribution in [0.2, 0.25) is 0 Å². The van der Waals surface area contributed by atoms with Crippen LogP contribution in [0.5, 0.6) is 5.75 Å². The second-order valence-corrected chi connectivity index (χ2v) is 9.26. The number of benzene rings is 1. The maximum Gasteiger partial charge on any atom is 0.258 e. The molecule has 0 radical (unpaired) electrons. The van der Waals surface area contributed by atoms with Crippen molar-refractivity contribution < 1.29 is 19.4 Å². The minimum absolute atomic E-state index is 0.0348. The third-order valence-electron chi connectivity index (χ3n) is 5.55. The van der Waals surface area contributed by atoms with Gasteiger partial charge in [-0.25, -0.2) is 0 Å². The Kier molecular flexibility index (Phi) is 7.95. The lowest BCUT2D eigenvalue weighted by atomic mass is 9.90. The zero-order valence-electron chi connectivity index (χ0n) is 16.6. The smallest absolute Gasteiger partial charge is 0.258 e. The van der Waals surface area contributed by atoms with E-state index >= 15 is 0 Å². The lowest BCUT2D eigenvalue weighted by molar-refractivity contribution is 0.0200. The van der Waals surface area contributed by atoms with Gasteiger partial charge in [0.25, 0.3) is 5.91 Å². The first-order valence-electron chi connectivity index (χ1n) is 9.89. The van der Waals surface area contributed by atoms with Gasteiger partial charge >= 0.3 is 0 Å². The lowest BCUT2D eigenvalue weighted by Gasteiger charge is -2.23. The van der Waals surface area contributed by atoms with Crippen molar-refractivity contribution in [3.8, 4) is 5.75 Å². The van der Waals surface area contributed by atoms with E-state index in [0.29, 0.717) is 24.5 Å². The minimum Gasteiger partial charge on any atom is -0.497 e. The number of aliphatic hydroxyl groups excluding tert-OH is 1. The van der Waals surface area contributed by atoms with Crippen LogP contribution < -0.4 is 10.5 Å². The van der Waals surface area contributed by atoms with Crippen molar-refractivity contribution in [2.45, 2.75) is 43.8 Å². The van der Waals surface area contributed by atoms with Gasteiger partial charge in [0.1, 0.15) is 5.75 Å². The molecule has 4 atom stereocenters. The van der Waals surface area contributed by atoms with E-state index in [1.54, 1.807) is 13.2 Å². The maximum absolute atomic E-state index is 11.2. The fourth-order valence-electron chi connectivity index (χ4n) is 4.00. The van der Waals surface area contributed by atoms with Crippen LogP contribution in [0.4, 0.5) is 0 Å². The van der Waals surface area contributed by atoms with Gasteiger partial charge in [0.15, 0.2) is 0 Å². The van der Waals surface area contributed by atoms with Crippen LogP contribution >= 0.6 is 22.9 Å². The van der Waals surface area contributed by atoms with Crippen molar-refractivity contribution in [3.05, 3.63) is 51.7 Å². The van der Waals surface area contributed by atoms with Gasteiger partial charge in [-0.3, -0.25) is 4.79 Å². The molecule has 1 aliphatic carbocycles. The molecule has 1 aliphatic rings. The van der Waals surface area contributed by atoms with Crippen LogP contribution in [-0.4, -0.2) is 36.2 Å². The largest absolute Gasteiger partial charge is 0.497 e. The number of amides is 1. The quantitative estimate of drug-likeness (QED) is 0.550. The SMILES string of the molecule is COc1cccc(COC[C@@H]2[C@@H](CCCc3ccc(C(N)=O)s3)[C@H](Cl)C[C@H]2O)c1. The van der Waals surface area contributed by atoms with E-state index in [4.69, 9.17) is 26.8 Å². The fraction of sp³-hybridized carbons (Fsp3) is 0.500. The molecule has 5 nitrogen and oxygen atoms in total. The van der Waals surface area contributed by atoms with E-state index in [0.717, 1.165) is 35.5 Å². The first-order valence-corrected chi connectivity index (χ1v) is 11.1. The van der Waals surface area contributed by atoms with Gasteiger partial charge < -0.3 is 20.3 Å². The van der Waals surface area contributed by atoms with Gasteiger partial charge in [0.2, 0.25) is 0 Å². The molecule has 158 valence electrons. The van der Waals surface area contributed by atoms with E-state index in [-0.39, 0.29) is 23.1 Å². The van der Waals surface area contributed by atoms with Crippen LogP contribution in [0.1, 0.15) is 39.4 Å². The van der Waals surface area contributed by atoms with Crippen molar-refractivity contribution in [1.29, 1.82) is 0 Å². The molecule has 29 heavy (non-hydrogen) atoms. The molecule has 1 fully saturated rings. The summed E-state index contributed by atoms with van der Waals surface area (Å²) in [7, 11) is 1.64. The normalized spacial score (nSPS) is 24.0. The van der Waals surface area contributed by atoms with Crippen LogP contribution in [0.25, 0.3) is 0 Å². The summed E-state index contributed by atoms with van der Waals surface area (Å²) in [6, 6.07) is 11.5. The number of aryl methyl sites for hydroxylation is 1. The Morgan fingerprint density at radius 3 is 2.86 bits per heavy atom. The summed E-state index contributed by atoms with van der Waals surface area (Å²) in [6.45, 7) is 0.961. The third-order valence-corrected chi connectivity index (χ3v) is 7.22. The number of ether oxygens (including phenoxy) is 2. The highest BCUT2D eigenvalue weighted by atomic mass is 35.5. The molecule has 2 aromatic rings. The average Bonchev–Trinajstić information content (AvgIpc) is 3.28. The number of hydrogen-bond acceptors (Lipinski definition) is 5. The number of aliphatic hydroxyl groups is 1. The molecule has 0 spiro atoms. The summed E-state index contributed by atoms with van der Waals surface area (Å²) in [4.78, 5) is 13.0. The maximum atomic E-state index is 11.2. The molecule has 1 amide bonds. The summed E-state index contributed by atoms with van der Waals surface area (Å²) in [5, 5.41) is 10.4. The molecule has 1 saturated carbocycles. The Morgan fingerprint density at radius 1 is 1.31 bits per heavy atom. The van der Waals surface area contributed by atoms with Crippen LogP contribution in [0.15, 0.2) is 36.4 Å². The van der Waals surface area contributed by atoms with E-state index in [9.17, 15) is 9.90 Å². The van der Waals surface area contributed by atoms with Crippen molar-refractivity contribution >= 4 is 28.8 Å². The van der Waals surface area contributed by atoms with Crippen LogP contribution in [-0.2, 0) is 17.8 Å². The minimum atomic E-state index is -0.434. The molecular weight excluding hydrogens is 410 g/mol. The molecule has 0 saturated heterocycles. The Balaban J connectivity index is 1.49. The molecule has 3 rings (SSSR count). The number of thiophene rings is 1. The predicted octanol–water partition coefficient (Wildman–Crippen LogP) is 4.00. The zero-order valence-corrected chi connectivity index (χ0v) is 18.1. The van der Waals surface area contributed by atoms with Crippen molar-refractivity contribution in [2.24, 2.45) is 17.6 Å². The van der Waals surface area contributed by atoms with Gasteiger partial charge in [0.05, 0.1) is 31.3 Å². The van der Waals surface area contributed by atoms with Crippen LogP contribution in [0, 0.1) is 11.8 Å². The Bertz CT molecular complexity index is 812. The number of nitrogens with two attached hydrogens (primary N) is 1. The van der Waals surface area contributed by atoms with E-state index in [2.05, 4.69) is 0 Å². The standard InChI is InChI=1S/C22H28ClNO4S/c1-27-15-5-2-4-14(10-15)12-28-13-18-17(19(23)11-20(18)25)7-3-6-16-8-9-21(29-16)22(24)26/h2,4-5,8-10,17-20,25H,3,6-7,11-13H2,1H3,(H2,24,26)/t17-,18-,19-,20-/m1/s1. The molecule has 1 heterocycles. The molecular formula is C22H28ClNO4S. The van der Waals surface area contributed by atoms with E-state index in [1.165, 1.54) is 11.3 Å². The number of carbonyl (C=O) groups excluding carboxylic acids is 1. The Labute approximate surface area is 180 Å². The third kappa shape index (κ3) is 5.95. The number of hydrogen-bond donors (Lipinski definition) is 2. The molecule has 0 unspecified atom stereocenters. The van der Waals surface area contributed by atoms with Crippen molar-refractivity contribution in [1.82, 2.24) is 0 Å². The molecule has 0 aliphatic heterocycles. The first kappa shape index (κ1) is 22.1. The molecule has 1 aromatic carbocycles. The number of carbonyl (C=O) groups is 1. The highest BCUT2D eigenvalue weighted by molar-refractivity contribution is 7.14. The Hall–Kier alpha value is -1.60. The summed E-state index contributed by atoms with van der Waals surface area (Å²) < 4.78 is 11.2. The molecule has 3 N–H and O–H groups in total. The molecule has 0 bridgehead atoms. The highest BCUT2D eigenvalue weighted by Gasteiger charge is 2.41. The number of rotatable bonds is 10. The lowest BCUT2D eigenvalue weighted by Crippen LogP contribution is -2.26. The number of alkyl halides is 1. The van der Waals surface area contributed by atoms with Crippen LogP contribution in [0.3, 0.4) is 0 Å². The second kappa shape index (κ2) is 10.4. The van der Waals surface area contributed by atoms with Gasteiger partial charge in [-0.2, -0.15) is 0 Å². The summed E-state index contributed by atoms with van der Waals surface area (Å²) in [6.07, 6.45) is 2.92. The fourth-order valence-corrected chi connectivity index (χ4v) is 5.39. The van der Waals surface area contributed by atoms with Gasteiger partial charge in [-0.1, -0.05) is 12.1 Å².